The SMILES string of the molecule is O=C(c1c(F)cc(Br)cc1F)N1C2CCC1CC(Br)C2. The molecular weight excluding hydrogens is 396 g/mol. The van der Waals surface area contributed by atoms with Gasteiger partial charge in [-0.05, 0) is 37.8 Å². The molecule has 1 amide bonds. The van der Waals surface area contributed by atoms with Crippen molar-refractivity contribution in [1.29, 1.82) is 0 Å². The summed E-state index contributed by atoms with van der Waals surface area (Å²) in [5.41, 5.74) is -0.432. The predicted octanol–water partition coefficient (Wildman–Crippen LogP) is 4.26. The van der Waals surface area contributed by atoms with Gasteiger partial charge in [0, 0.05) is 21.4 Å². The van der Waals surface area contributed by atoms with Crippen molar-refractivity contribution in [2.75, 3.05) is 0 Å². The van der Waals surface area contributed by atoms with Crippen molar-refractivity contribution in [2.24, 2.45) is 0 Å². The van der Waals surface area contributed by atoms with Crippen molar-refractivity contribution in [3.63, 3.8) is 0 Å². The van der Waals surface area contributed by atoms with Gasteiger partial charge in [-0.1, -0.05) is 31.9 Å². The third-order valence-electron chi connectivity index (χ3n) is 4.13. The summed E-state index contributed by atoms with van der Waals surface area (Å²) in [6, 6.07) is 2.45. The number of alkyl halides is 1. The van der Waals surface area contributed by atoms with E-state index in [4.69, 9.17) is 0 Å². The van der Waals surface area contributed by atoms with Crippen LogP contribution in [0.25, 0.3) is 0 Å². The first-order chi connectivity index (χ1) is 9.47. The molecule has 1 aromatic carbocycles. The molecule has 2 bridgehead atoms. The molecule has 2 aliphatic heterocycles. The topological polar surface area (TPSA) is 20.3 Å². The second-order valence-electron chi connectivity index (χ2n) is 5.41. The summed E-state index contributed by atoms with van der Waals surface area (Å²) in [6.07, 6.45) is 3.53. The monoisotopic (exact) mass is 407 g/mol. The number of carbonyl (C=O) groups excluding carboxylic acids is 1. The van der Waals surface area contributed by atoms with Crippen LogP contribution in [0.4, 0.5) is 8.78 Å². The van der Waals surface area contributed by atoms with Crippen LogP contribution in [0, 0.1) is 11.6 Å². The lowest BCUT2D eigenvalue weighted by Gasteiger charge is -2.37. The standard InChI is InChI=1S/C14H13Br2F2NO/c15-7-3-9-1-2-10(4-7)19(9)14(20)13-11(17)5-8(16)6-12(13)18/h5-7,9-10H,1-4H2. The molecule has 6 heteroatoms. The Bertz CT molecular complexity index is 529. The zero-order chi connectivity index (χ0) is 14.4. The van der Waals surface area contributed by atoms with E-state index in [9.17, 15) is 13.6 Å². The molecule has 0 radical (unpaired) electrons. The third kappa shape index (κ3) is 2.41. The smallest absolute Gasteiger partial charge is 0.260 e. The molecule has 1 aromatic rings. The van der Waals surface area contributed by atoms with Gasteiger partial charge < -0.3 is 4.90 Å². The lowest BCUT2D eigenvalue weighted by Crippen LogP contribution is -2.47. The van der Waals surface area contributed by atoms with Gasteiger partial charge in [-0.2, -0.15) is 0 Å². The van der Waals surface area contributed by atoms with Gasteiger partial charge >= 0.3 is 0 Å². The molecule has 2 heterocycles. The summed E-state index contributed by atoms with van der Waals surface area (Å²) in [6.45, 7) is 0. The quantitative estimate of drug-likeness (QED) is 0.636. The van der Waals surface area contributed by atoms with E-state index in [1.54, 1.807) is 4.90 Å². The number of hydrogen-bond acceptors (Lipinski definition) is 1. The Labute approximate surface area is 132 Å². The van der Waals surface area contributed by atoms with E-state index in [2.05, 4.69) is 31.9 Å². The van der Waals surface area contributed by atoms with Crippen molar-refractivity contribution >= 4 is 37.8 Å². The molecule has 0 saturated carbocycles. The van der Waals surface area contributed by atoms with E-state index in [-0.39, 0.29) is 12.1 Å². The van der Waals surface area contributed by atoms with Gasteiger partial charge in [0.1, 0.15) is 17.2 Å². The average Bonchev–Trinajstić information content (AvgIpc) is 2.60. The number of piperidine rings is 1. The predicted molar refractivity (Wildman–Crippen MR) is 79.0 cm³/mol. The number of amides is 1. The van der Waals surface area contributed by atoms with Gasteiger partial charge in [0.2, 0.25) is 0 Å². The highest BCUT2D eigenvalue weighted by molar-refractivity contribution is 9.10. The Morgan fingerprint density at radius 2 is 1.65 bits per heavy atom. The highest BCUT2D eigenvalue weighted by atomic mass is 79.9. The summed E-state index contributed by atoms with van der Waals surface area (Å²) < 4.78 is 28.2. The minimum atomic E-state index is -0.803. The Morgan fingerprint density at radius 1 is 1.15 bits per heavy atom. The maximum atomic E-state index is 13.9. The van der Waals surface area contributed by atoms with Gasteiger partial charge in [0.15, 0.2) is 0 Å². The normalized spacial score (nSPS) is 28.8. The Morgan fingerprint density at radius 3 is 2.15 bits per heavy atom. The van der Waals surface area contributed by atoms with Crippen molar-refractivity contribution in [2.45, 2.75) is 42.6 Å². The Balaban J connectivity index is 1.94. The van der Waals surface area contributed by atoms with Crippen LogP contribution in [0.15, 0.2) is 16.6 Å². The lowest BCUT2D eigenvalue weighted by atomic mass is 10.0. The van der Waals surface area contributed by atoms with Crippen molar-refractivity contribution in [3.8, 4) is 0 Å². The summed E-state index contributed by atoms with van der Waals surface area (Å²) in [4.78, 5) is 14.6. The fraction of sp³-hybridized carbons (Fsp3) is 0.500. The molecule has 2 saturated heterocycles. The number of fused-ring (bicyclic) bond motifs is 2. The number of hydrogen-bond donors (Lipinski definition) is 0. The molecule has 2 nitrogen and oxygen atoms in total. The van der Waals surface area contributed by atoms with Crippen LogP contribution in [0.3, 0.4) is 0 Å². The van der Waals surface area contributed by atoms with Crippen LogP contribution in [0.1, 0.15) is 36.0 Å². The summed E-state index contributed by atoms with van der Waals surface area (Å²) in [5.74, 6) is -2.12. The van der Waals surface area contributed by atoms with Gasteiger partial charge in [-0.3, -0.25) is 4.79 Å². The van der Waals surface area contributed by atoms with Crippen LogP contribution in [-0.4, -0.2) is 27.7 Å². The molecule has 0 N–H and O–H groups in total. The molecular formula is C14H13Br2F2NO. The van der Waals surface area contributed by atoms with E-state index in [0.717, 1.165) is 37.8 Å². The summed E-state index contributed by atoms with van der Waals surface area (Å²) >= 11 is 6.61. The maximum absolute atomic E-state index is 13.9. The lowest BCUT2D eigenvalue weighted by molar-refractivity contribution is 0.0593. The van der Waals surface area contributed by atoms with Gasteiger partial charge in [0.05, 0.1) is 0 Å². The molecule has 0 aromatic heterocycles. The van der Waals surface area contributed by atoms with E-state index in [1.807, 2.05) is 0 Å². The second-order valence-corrected chi connectivity index (χ2v) is 7.62. The Hall–Kier alpha value is -0.490. The fourth-order valence-corrected chi connectivity index (χ4v) is 4.58. The number of halogens is 4. The van der Waals surface area contributed by atoms with Gasteiger partial charge in [-0.15, -0.1) is 0 Å². The van der Waals surface area contributed by atoms with Crippen LogP contribution < -0.4 is 0 Å². The van der Waals surface area contributed by atoms with E-state index in [1.165, 1.54) is 0 Å². The first-order valence-electron chi connectivity index (χ1n) is 6.58. The zero-order valence-corrected chi connectivity index (χ0v) is 13.8. The zero-order valence-electron chi connectivity index (χ0n) is 10.6. The molecule has 2 atom stereocenters. The number of benzene rings is 1. The highest BCUT2D eigenvalue weighted by Gasteiger charge is 2.43. The van der Waals surface area contributed by atoms with Gasteiger partial charge in [0.25, 0.3) is 5.91 Å². The van der Waals surface area contributed by atoms with Crippen molar-refractivity contribution in [3.05, 3.63) is 33.8 Å². The molecule has 0 spiro atoms. The highest BCUT2D eigenvalue weighted by Crippen LogP contribution is 2.39. The van der Waals surface area contributed by atoms with E-state index < -0.39 is 23.1 Å². The van der Waals surface area contributed by atoms with E-state index in [0.29, 0.717) is 9.30 Å². The molecule has 20 heavy (non-hydrogen) atoms. The molecule has 3 rings (SSSR count). The fourth-order valence-electron chi connectivity index (χ4n) is 3.32. The van der Waals surface area contributed by atoms with Crippen molar-refractivity contribution in [1.82, 2.24) is 4.90 Å². The third-order valence-corrected chi connectivity index (χ3v) is 5.34. The first-order valence-corrected chi connectivity index (χ1v) is 8.29. The molecule has 2 aliphatic rings. The van der Waals surface area contributed by atoms with Crippen LogP contribution in [0.5, 0.6) is 0 Å². The van der Waals surface area contributed by atoms with Crippen molar-refractivity contribution < 1.29 is 13.6 Å². The average molecular weight is 409 g/mol. The summed E-state index contributed by atoms with van der Waals surface area (Å²) in [7, 11) is 0. The van der Waals surface area contributed by atoms with Crippen LogP contribution >= 0.6 is 31.9 Å². The first kappa shape index (κ1) is 14.4. The van der Waals surface area contributed by atoms with Crippen LogP contribution in [0.2, 0.25) is 0 Å². The number of nitrogens with zero attached hydrogens (tertiary/aromatic N) is 1. The molecule has 0 aliphatic carbocycles. The largest absolute Gasteiger partial charge is 0.332 e. The molecule has 108 valence electrons. The molecule has 2 unspecified atom stereocenters. The maximum Gasteiger partial charge on any atom is 0.260 e. The molecule has 2 fully saturated rings. The Kier molecular flexibility index (Phi) is 3.88. The number of rotatable bonds is 1. The van der Waals surface area contributed by atoms with Crippen LogP contribution in [-0.2, 0) is 0 Å². The number of carbonyl (C=O) groups is 1. The minimum Gasteiger partial charge on any atom is -0.332 e. The van der Waals surface area contributed by atoms with Gasteiger partial charge in [-0.25, -0.2) is 8.78 Å². The second kappa shape index (κ2) is 5.37. The summed E-state index contributed by atoms with van der Waals surface area (Å²) in [5, 5.41) is 0. The minimum absolute atomic E-state index is 0.0908. The van der Waals surface area contributed by atoms with E-state index >= 15 is 0 Å².